The van der Waals surface area contributed by atoms with Gasteiger partial charge in [0.25, 0.3) is 0 Å². The minimum absolute atomic E-state index is 0.231. The van der Waals surface area contributed by atoms with E-state index in [2.05, 4.69) is 51.3 Å². The Morgan fingerprint density at radius 1 is 1.25 bits per heavy atom. The summed E-state index contributed by atoms with van der Waals surface area (Å²) in [5.41, 5.74) is 2.63. The topological polar surface area (TPSA) is 77.5 Å². The highest BCUT2D eigenvalue weighted by atomic mass is 32.3. The summed E-state index contributed by atoms with van der Waals surface area (Å²) in [7, 11) is -0.547. The number of aromatic nitrogens is 5. The molecule has 3 aromatic rings. The average molecular weight is 406 g/mol. The predicted molar refractivity (Wildman–Crippen MR) is 114 cm³/mol. The van der Waals surface area contributed by atoms with Crippen molar-refractivity contribution in [1.82, 2.24) is 24.1 Å². The molecule has 7 nitrogen and oxygen atoms in total. The van der Waals surface area contributed by atoms with Gasteiger partial charge < -0.3 is 14.4 Å². The number of aliphatic hydroxyl groups is 1. The maximum atomic E-state index is 10.2. The van der Waals surface area contributed by atoms with E-state index in [0.29, 0.717) is 12.6 Å². The van der Waals surface area contributed by atoms with Crippen LogP contribution in [-0.2, 0) is 11.5 Å². The number of hydrogen-bond acceptors (Lipinski definition) is 5. The van der Waals surface area contributed by atoms with Crippen LogP contribution in [0.25, 0.3) is 16.8 Å². The van der Waals surface area contributed by atoms with Crippen LogP contribution in [0.15, 0.2) is 18.5 Å². The number of rotatable bonds is 7. The van der Waals surface area contributed by atoms with Crippen molar-refractivity contribution in [2.24, 2.45) is 5.92 Å². The summed E-state index contributed by atoms with van der Waals surface area (Å²) in [6.07, 6.45) is 13.1. The molecule has 3 heterocycles. The van der Waals surface area contributed by atoms with Gasteiger partial charge in [0.1, 0.15) is 12.6 Å². The molecule has 4 rings (SSSR count). The minimum Gasteiger partial charge on any atom is -0.393 e. The maximum Gasteiger partial charge on any atom is 0.179 e. The van der Waals surface area contributed by atoms with Gasteiger partial charge in [0, 0.05) is 17.9 Å². The van der Waals surface area contributed by atoms with E-state index in [9.17, 15) is 5.11 Å². The van der Waals surface area contributed by atoms with E-state index in [-0.39, 0.29) is 12.0 Å². The molecule has 0 radical (unpaired) electrons. The van der Waals surface area contributed by atoms with E-state index >= 15 is 0 Å². The average Bonchev–Trinajstić information content (AvgIpc) is 3.33. The van der Waals surface area contributed by atoms with E-state index in [1.807, 2.05) is 10.8 Å². The number of aliphatic hydroxyl groups excluding tert-OH is 1. The first kappa shape index (κ1) is 19.7. The van der Waals surface area contributed by atoms with Gasteiger partial charge in [-0.05, 0) is 43.6 Å². The van der Waals surface area contributed by atoms with Crippen molar-refractivity contribution in [1.29, 1.82) is 0 Å². The Labute approximate surface area is 167 Å². The quantitative estimate of drug-likeness (QED) is 0.612. The second-order valence-corrected chi connectivity index (χ2v) is 13.3. The van der Waals surface area contributed by atoms with Gasteiger partial charge in [0.05, 0.1) is 24.4 Å². The standard InChI is InChI=1S/C20H31N5O2S/c1-5-14-10-15(26)11-16(14)19-23-22-18-12-21-20-17(25(18)19)6-7-24(20)13-27-8-9-28(2,3)4/h6-7,12,14-16,26H,5,8-11,13H2,1-4H3. The van der Waals surface area contributed by atoms with Gasteiger partial charge in [-0.1, -0.05) is 13.3 Å². The van der Waals surface area contributed by atoms with Crippen LogP contribution in [0.5, 0.6) is 0 Å². The van der Waals surface area contributed by atoms with Crippen LogP contribution in [0, 0.1) is 5.92 Å². The monoisotopic (exact) mass is 405 g/mol. The van der Waals surface area contributed by atoms with E-state index in [0.717, 1.165) is 54.3 Å². The number of hydrogen-bond donors (Lipinski definition) is 1. The molecule has 154 valence electrons. The minimum atomic E-state index is -0.547. The lowest BCUT2D eigenvalue weighted by Gasteiger charge is -2.24. The van der Waals surface area contributed by atoms with Crippen LogP contribution in [0.3, 0.4) is 0 Å². The summed E-state index contributed by atoms with van der Waals surface area (Å²) in [5.74, 6) is 2.72. The fourth-order valence-electron chi connectivity index (χ4n) is 4.21. The number of ether oxygens (including phenoxy) is 1. The Morgan fingerprint density at radius 2 is 2.07 bits per heavy atom. The van der Waals surface area contributed by atoms with Crippen molar-refractivity contribution in [3.63, 3.8) is 0 Å². The fraction of sp³-hybridized carbons (Fsp3) is 0.650. The van der Waals surface area contributed by atoms with Gasteiger partial charge >= 0.3 is 0 Å². The molecular formula is C20H31N5O2S. The maximum absolute atomic E-state index is 10.2. The molecular weight excluding hydrogens is 374 g/mol. The van der Waals surface area contributed by atoms with Crippen molar-refractivity contribution in [3.05, 3.63) is 24.3 Å². The molecule has 1 aliphatic carbocycles. The second kappa shape index (κ2) is 7.65. The van der Waals surface area contributed by atoms with E-state index < -0.39 is 10.0 Å². The zero-order valence-electron chi connectivity index (χ0n) is 17.2. The predicted octanol–water partition coefficient (Wildman–Crippen LogP) is 3.01. The zero-order valence-corrected chi connectivity index (χ0v) is 18.0. The van der Waals surface area contributed by atoms with Crippen molar-refractivity contribution in [3.8, 4) is 0 Å². The Morgan fingerprint density at radius 3 is 2.82 bits per heavy atom. The van der Waals surface area contributed by atoms with Crippen molar-refractivity contribution in [2.75, 3.05) is 31.1 Å². The van der Waals surface area contributed by atoms with Gasteiger partial charge in [-0.15, -0.1) is 10.2 Å². The first-order chi connectivity index (χ1) is 13.4. The second-order valence-electron chi connectivity index (χ2n) is 8.74. The normalized spacial score (nSPS) is 23.8. The van der Waals surface area contributed by atoms with Gasteiger partial charge in [0.2, 0.25) is 0 Å². The third-order valence-corrected chi connectivity index (χ3v) is 7.16. The molecule has 3 unspecified atom stereocenters. The lowest BCUT2D eigenvalue weighted by Crippen LogP contribution is -2.11. The molecule has 1 fully saturated rings. The Hall–Kier alpha value is -1.64. The molecule has 0 spiro atoms. The van der Waals surface area contributed by atoms with Crippen molar-refractivity contribution in [2.45, 2.75) is 44.9 Å². The lowest BCUT2D eigenvalue weighted by atomic mass is 9.93. The van der Waals surface area contributed by atoms with E-state index in [1.165, 1.54) is 0 Å². The summed E-state index contributed by atoms with van der Waals surface area (Å²) < 4.78 is 10.1. The zero-order chi connectivity index (χ0) is 19.9. The highest BCUT2D eigenvalue weighted by Gasteiger charge is 2.36. The molecule has 0 aromatic carbocycles. The fourth-order valence-corrected chi connectivity index (χ4v) is 4.82. The highest BCUT2D eigenvalue weighted by Crippen LogP contribution is 2.41. The summed E-state index contributed by atoms with van der Waals surface area (Å²) in [6, 6.07) is 2.06. The van der Waals surface area contributed by atoms with Crippen molar-refractivity contribution < 1.29 is 9.84 Å². The molecule has 0 bridgehead atoms. The van der Waals surface area contributed by atoms with Crippen LogP contribution in [0.2, 0.25) is 0 Å². The first-order valence-electron chi connectivity index (χ1n) is 9.98. The molecule has 0 aliphatic heterocycles. The molecule has 3 aromatic heterocycles. The number of nitrogens with zero attached hydrogens (tertiary/aromatic N) is 5. The largest absolute Gasteiger partial charge is 0.393 e. The smallest absolute Gasteiger partial charge is 0.179 e. The Balaban J connectivity index is 1.63. The SMILES string of the molecule is CCC1CC(O)CC1c1nnc2cnc3c(ccn3COCCS(C)(C)C)n12. The summed E-state index contributed by atoms with van der Waals surface area (Å²) >= 11 is 0. The Bertz CT molecular complexity index is 961. The van der Waals surface area contributed by atoms with Crippen LogP contribution < -0.4 is 0 Å². The lowest BCUT2D eigenvalue weighted by molar-refractivity contribution is 0.0923. The molecule has 3 atom stereocenters. The highest BCUT2D eigenvalue weighted by molar-refractivity contribution is 8.32. The molecule has 28 heavy (non-hydrogen) atoms. The molecule has 8 heteroatoms. The van der Waals surface area contributed by atoms with Crippen molar-refractivity contribution >= 4 is 26.8 Å². The van der Waals surface area contributed by atoms with Gasteiger partial charge in [0.15, 0.2) is 11.3 Å². The van der Waals surface area contributed by atoms with E-state index in [1.54, 1.807) is 6.20 Å². The first-order valence-corrected chi connectivity index (χ1v) is 13.0. The molecule has 1 saturated carbocycles. The van der Waals surface area contributed by atoms with Crippen LogP contribution >= 0.6 is 10.0 Å². The summed E-state index contributed by atoms with van der Waals surface area (Å²) in [5, 5.41) is 19.0. The summed E-state index contributed by atoms with van der Waals surface area (Å²) in [6.45, 7) is 3.44. The van der Waals surface area contributed by atoms with Crippen LogP contribution in [-0.4, -0.2) is 66.5 Å². The van der Waals surface area contributed by atoms with E-state index in [4.69, 9.17) is 4.74 Å². The molecule has 0 saturated heterocycles. The van der Waals surface area contributed by atoms with Gasteiger partial charge in [-0.3, -0.25) is 4.40 Å². The van der Waals surface area contributed by atoms with Gasteiger partial charge in [-0.25, -0.2) is 15.0 Å². The third kappa shape index (κ3) is 3.77. The van der Waals surface area contributed by atoms with Crippen LogP contribution in [0.4, 0.5) is 0 Å². The molecule has 1 N–H and O–H groups in total. The molecule has 0 amide bonds. The van der Waals surface area contributed by atoms with Crippen LogP contribution in [0.1, 0.15) is 37.9 Å². The Kier molecular flexibility index (Phi) is 5.37. The van der Waals surface area contributed by atoms with Gasteiger partial charge in [-0.2, -0.15) is 0 Å². The number of fused-ring (bicyclic) bond motifs is 3. The summed E-state index contributed by atoms with van der Waals surface area (Å²) in [4.78, 5) is 4.61. The third-order valence-electron chi connectivity index (χ3n) is 5.77. The molecule has 1 aliphatic rings.